The highest BCUT2D eigenvalue weighted by atomic mass is 32.2. The van der Waals surface area contributed by atoms with E-state index in [-0.39, 0.29) is 11.9 Å². The zero-order valence-electron chi connectivity index (χ0n) is 15.5. The molecule has 1 aliphatic carbocycles. The van der Waals surface area contributed by atoms with Crippen molar-refractivity contribution in [2.45, 2.75) is 30.7 Å². The SMILES string of the molecule is CCOc1ccc(SCC(=O)N2CCN(C(=O)C(=O)NC3CC3)CC2)cc1. The van der Waals surface area contributed by atoms with E-state index in [0.717, 1.165) is 23.5 Å². The molecule has 1 heterocycles. The van der Waals surface area contributed by atoms with Crippen LogP contribution in [0.3, 0.4) is 0 Å². The number of amides is 3. The highest BCUT2D eigenvalue weighted by Crippen LogP contribution is 2.22. The van der Waals surface area contributed by atoms with Crippen LogP contribution in [-0.2, 0) is 14.4 Å². The Labute approximate surface area is 163 Å². The van der Waals surface area contributed by atoms with E-state index in [0.29, 0.717) is 38.5 Å². The smallest absolute Gasteiger partial charge is 0.312 e. The summed E-state index contributed by atoms with van der Waals surface area (Å²) < 4.78 is 5.41. The van der Waals surface area contributed by atoms with E-state index in [2.05, 4.69) is 5.32 Å². The molecule has 1 aromatic rings. The van der Waals surface area contributed by atoms with Gasteiger partial charge in [-0.05, 0) is 44.0 Å². The lowest BCUT2D eigenvalue weighted by Gasteiger charge is -2.34. The van der Waals surface area contributed by atoms with Gasteiger partial charge in [0.1, 0.15) is 5.75 Å². The second-order valence-electron chi connectivity index (χ2n) is 6.61. The Bertz CT molecular complexity index is 683. The molecule has 8 heteroatoms. The molecule has 1 N–H and O–H groups in total. The molecule has 1 aromatic carbocycles. The van der Waals surface area contributed by atoms with Crippen molar-refractivity contribution in [2.24, 2.45) is 0 Å². The summed E-state index contributed by atoms with van der Waals surface area (Å²) in [5.74, 6) is 0.202. The number of ether oxygens (including phenoxy) is 1. The lowest BCUT2D eigenvalue weighted by molar-refractivity contribution is -0.148. The summed E-state index contributed by atoms with van der Waals surface area (Å²) in [6.07, 6.45) is 1.90. The Morgan fingerprint density at radius 1 is 1.07 bits per heavy atom. The highest BCUT2D eigenvalue weighted by molar-refractivity contribution is 8.00. The zero-order valence-corrected chi connectivity index (χ0v) is 16.3. The van der Waals surface area contributed by atoms with E-state index in [1.165, 1.54) is 16.7 Å². The molecule has 1 aliphatic heterocycles. The van der Waals surface area contributed by atoms with E-state index in [1.807, 2.05) is 31.2 Å². The van der Waals surface area contributed by atoms with E-state index in [9.17, 15) is 14.4 Å². The summed E-state index contributed by atoms with van der Waals surface area (Å²) in [5, 5.41) is 2.71. The quantitative estimate of drug-likeness (QED) is 0.581. The molecule has 3 amide bonds. The molecule has 2 aliphatic rings. The van der Waals surface area contributed by atoms with Gasteiger partial charge in [-0.1, -0.05) is 0 Å². The van der Waals surface area contributed by atoms with Crippen LogP contribution in [0.25, 0.3) is 0 Å². The number of hydrogen-bond acceptors (Lipinski definition) is 5. The molecule has 2 fully saturated rings. The number of hydrogen-bond donors (Lipinski definition) is 1. The molecule has 27 heavy (non-hydrogen) atoms. The molecule has 7 nitrogen and oxygen atoms in total. The third-order valence-electron chi connectivity index (χ3n) is 4.52. The molecule has 0 unspecified atom stereocenters. The highest BCUT2D eigenvalue weighted by Gasteiger charge is 2.31. The average Bonchev–Trinajstić information content (AvgIpc) is 3.51. The van der Waals surface area contributed by atoms with E-state index in [1.54, 1.807) is 4.90 Å². The van der Waals surface area contributed by atoms with Gasteiger partial charge in [0, 0.05) is 37.1 Å². The first-order valence-electron chi connectivity index (χ1n) is 9.30. The molecule has 0 bridgehead atoms. The van der Waals surface area contributed by atoms with Crippen molar-refractivity contribution in [1.82, 2.24) is 15.1 Å². The predicted octanol–water partition coefficient (Wildman–Crippen LogP) is 1.13. The molecule has 3 rings (SSSR count). The van der Waals surface area contributed by atoms with Crippen molar-refractivity contribution >= 4 is 29.5 Å². The maximum Gasteiger partial charge on any atom is 0.312 e. The van der Waals surface area contributed by atoms with Crippen LogP contribution >= 0.6 is 11.8 Å². The fraction of sp³-hybridized carbons (Fsp3) is 0.526. The van der Waals surface area contributed by atoms with E-state index in [4.69, 9.17) is 4.74 Å². The van der Waals surface area contributed by atoms with Gasteiger partial charge in [-0.2, -0.15) is 0 Å². The van der Waals surface area contributed by atoms with Crippen LogP contribution in [0.5, 0.6) is 5.75 Å². The number of carbonyl (C=O) groups excluding carboxylic acids is 3. The number of nitrogens with zero attached hydrogens (tertiary/aromatic N) is 2. The maximum atomic E-state index is 12.4. The second kappa shape index (κ2) is 9.12. The van der Waals surface area contributed by atoms with Gasteiger partial charge < -0.3 is 19.9 Å². The first-order valence-corrected chi connectivity index (χ1v) is 10.3. The van der Waals surface area contributed by atoms with Crippen molar-refractivity contribution in [3.8, 4) is 5.75 Å². The van der Waals surface area contributed by atoms with Gasteiger partial charge in [-0.3, -0.25) is 14.4 Å². The van der Waals surface area contributed by atoms with Crippen LogP contribution in [0.15, 0.2) is 29.2 Å². The topological polar surface area (TPSA) is 79.0 Å². The molecular formula is C19H25N3O4S. The minimum Gasteiger partial charge on any atom is -0.494 e. The molecule has 0 spiro atoms. The van der Waals surface area contributed by atoms with Crippen molar-refractivity contribution in [3.63, 3.8) is 0 Å². The molecule has 1 saturated heterocycles. The Morgan fingerprint density at radius 2 is 1.70 bits per heavy atom. The molecule has 0 aromatic heterocycles. The summed E-state index contributed by atoms with van der Waals surface area (Å²) in [6, 6.07) is 7.85. The van der Waals surface area contributed by atoms with Crippen molar-refractivity contribution in [1.29, 1.82) is 0 Å². The summed E-state index contributed by atoms with van der Waals surface area (Å²) in [6.45, 7) is 4.29. The zero-order chi connectivity index (χ0) is 19.2. The molecule has 0 atom stereocenters. The minimum absolute atomic E-state index is 0.0448. The first kappa shape index (κ1) is 19.5. The Morgan fingerprint density at radius 3 is 2.30 bits per heavy atom. The van der Waals surface area contributed by atoms with Gasteiger partial charge in [0.05, 0.1) is 12.4 Å². The first-order chi connectivity index (χ1) is 13.1. The fourth-order valence-corrected chi connectivity index (χ4v) is 3.61. The summed E-state index contributed by atoms with van der Waals surface area (Å²) in [7, 11) is 0. The monoisotopic (exact) mass is 391 g/mol. The van der Waals surface area contributed by atoms with Gasteiger partial charge in [-0.15, -0.1) is 11.8 Å². The van der Waals surface area contributed by atoms with Gasteiger partial charge in [0.25, 0.3) is 0 Å². The van der Waals surface area contributed by atoms with Crippen molar-refractivity contribution < 1.29 is 19.1 Å². The van der Waals surface area contributed by atoms with Gasteiger partial charge in [0.15, 0.2) is 0 Å². The Balaban J connectivity index is 1.40. The largest absolute Gasteiger partial charge is 0.494 e. The number of thioether (sulfide) groups is 1. The van der Waals surface area contributed by atoms with Crippen LogP contribution < -0.4 is 10.1 Å². The average molecular weight is 391 g/mol. The summed E-state index contributed by atoms with van der Waals surface area (Å²) >= 11 is 1.48. The summed E-state index contributed by atoms with van der Waals surface area (Å²) in [4.78, 5) is 40.7. The standard InChI is InChI=1S/C19H25N3O4S/c1-2-26-15-5-7-16(8-6-15)27-13-17(23)21-9-11-22(12-10-21)19(25)18(24)20-14-3-4-14/h5-8,14H,2-4,9-13H2,1H3,(H,20,24). The van der Waals surface area contributed by atoms with Crippen LogP contribution in [-0.4, -0.2) is 72.1 Å². The lowest BCUT2D eigenvalue weighted by atomic mass is 10.3. The van der Waals surface area contributed by atoms with Gasteiger partial charge >= 0.3 is 11.8 Å². The van der Waals surface area contributed by atoms with Gasteiger partial charge in [-0.25, -0.2) is 0 Å². The van der Waals surface area contributed by atoms with Crippen LogP contribution in [0.2, 0.25) is 0 Å². The minimum atomic E-state index is -0.525. The number of rotatable bonds is 6. The van der Waals surface area contributed by atoms with Crippen LogP contribution in [0, 0.1) is 0 Å². The van der Waals surface area contributed by atoms with Crippen molar-refractivity contribution in [2.75, 3.05) is 38.5 Å². The Kier molecular flexibility index (Phi) is 6.60. The Hall–Kier alpha value is -2.22. The number of nitrogens with one attached hydrogen (secondary N) is 1. The lowest BCUT2D eigenvalue weighted by Crippen LogP contribution is -2.54. The number of carbonyl (C=O) groups is 3. The second-order valence-corrected chi connectivity index (χ2v) is 7.66. The molecule has 0 radical (unpaired) electrons. The maximum absolute atomic E-state index is 12.4. The molecule has 1 saturated carbocycles. The molecular weight excluding hydrogens is 366 g/mol. The number of benzene rings is 1. The third kappa shape index (κ3) is 5.63. The van der Waals surface area contributed by atoms with E-state index < -0.39 is 11.8 Å². The van der Waals surface area contributed by atoms with Crippen LogP contribution in [0.4, 0.5) is 0 Å². The van der Waals surface area contributed by atoms with Gasteiger partial charge in [0.2, 0.25) is 5.91 Å². The van der Waals surface area contributed by atoms with Crippen LogP contribution in [0.1, 0.15) is 19.8 Å². The molecule has 146 valence electrons. The van der Waals surface area contributed by atoms with Crippen molar-refractivity contribution in [3.05, 3.63) is 24.3 Å². The third-order valence-corrected chi connectivity index (χ3v) is 5.52. The summed E-state index contributed by atoms with van der Waals surface area (Å²) in [5.41, 5.74) is 0. The number of piperazine rings is 1. The normalized spacial score (nSPS) is 16.8. The fourth-order valence-electron chi connectivity index (χ4n) is 2.81. The van der Waals surface area contributed by atoms with E-state index >= 15 is 0 Å². The predicted molar refractivity (Wildman–Crippen MR) is 103 cm³/mol.